The molecule has 0 saturated carbocycles. The first kappa shape index (κ1) is 27.3. The molecule has 38 heavy (non-hydrogen) atoms. The summed E-state index contributed by atoms with van der Waals surface area (Å²) in [5.41, 5.74) is 2.06. The Balaban J connectivity index is 1.42. The zero-order valence-corrected chi connectivity index (χ0v) is 22.5. The van der Waals surface area contributed by atoms with Crippen molar-refractivity contribution >= 4 is 46.5 Å². The number of carbonyl (C=O) groups is 1. The zero-order valence-electron chi connectivity index (χ0n) is 21.7. The van der Waals surface area contributed by atoms with Gasteiger partial charge in [0, 0.05) is 56.2 Å². The predicted molar refractivity (Wildman–Crippen MR) is 152 cm³/mol. The molecule has 1 aliphatic heterocycles. The maximum Gasteiger partial charge on any atom is 0.247 e. The van der Waals surface area contributed by atoms with Gasteiger partial charge in [0.15, 0.2) is 0 Å². The first-order valence-electron chi connectivity index (χ1n) is 12.5. The summed E-state index contributed by atoms with van der Waals surface area (Å²) in [6, 6.07) is 12.9. The lowest BCUT2D eigenvalue weighted by Crippen LogP contribution is -2.44. The lowest BCUT2D eigenvalue weighted by atomic mass is 10.2. The third-order valence-corrected chi connectivity index (χ3v) is 6.44. The van der Waals surface area contributed by atoms with Crippen LogP contribution in [0, 0.1) is 0 Å². The molecule has 0 bridgehead atoms. The van der Waals surface area contributed by atoms with Crippen molar-refractivity contribution in [2.75, 3.05) is 69.0 Å². The van der Waals surface area contributed by atoms with Gasteiger partial charge in [-0.1, -0.05) is 24.2 Å². The average molecular weight is 537 g/mol. The molecule has 2 heterocycles. The van der Waals surface area contributed by atoms with Crippen molar-refractivity contribution in [1.82, 2.24) is 24.8 Å². The average Bonchev–Trinajstić information content (AvgIpc) is 2.92. The Bertz CT molecular complexity index is 1250. The Kier molecular flexibility index (Phi) is 9.47. The number of amides is 1. The smallest absolute Gasteiger partial charge is 0.247 e. The van der Waals surface area contributed by atoms with Crippen LogP contribution >= 0.6 is 11.6 Å². The number of halogens is 1. The van der Waals surface area contributed by atoms with Gasteiger partial charge in [0.2, 0.25) is 17.8 Å². The number of anilines is 5. The Hall–Kier alpha value is -3.73. The maximum absolute atomic E-state index is 12.1. The molecule has 0 radical (unpaired) electrons. The van der Waals surface area contributed by atoms with E-state index in [9.17, 15) is 4.79 Å². The maximum atomic E-state index is 12.1. The van der Waals surface area contributed by atoms with Gasteiger partial charge < -0.3 is 30.1 Å². The van der Waals surface area contributed by atoms with Gasteiger partial charge in [-0.15, -0.1) is 0 Å². The van der Waals surface area contributed by atoms with Crippen molar-refractivity contribution in [1.29, 1.82) is 0 Å². The van der Waals surface area contributed by atoms with Gasteiger partial charge in [0.05, 0.1) is 12.3 Å². The quantitative estimate of drug-likeness (QED) is 0.276. The molecule has 0 aliphatic carbocycles. The van der Waals surface area contributed by atoms with Crippen LogP contribution in [0.25, 0.3) is 0 Å². The van der Waals surface area contributed by atoms with E-state index in [2.05, 4.69) is 49.0 Å². The van der Waals surface area contributed by atoms with Crippen LogP contribution in [0.3, 0.4) is 0 Å². The molecule has 0 spiro atoms. The highest BCUT2D eigenvalue weighted by Gasteiger charge is 2.14. The van der Waals surface area contributed by atoms with E-state index in [1.54, 1.807) is 6.07 Å². The molecule has 1 saturated heterocycles. The third kappa shape index (κ3) is 7.64. The van der Waals surface area contributed by atoms with E-state index < -0.39 is 0 Å². The summed E-state index contributed by atoms with van der Waals surface area (Å²) in [5.74, 6) is 1.06. The normalized spacial score (nSPS) is 14.1. The number of ether oxygens (including phenoxy) is 1. The molecule has 1 aromatic heterocycles. The van der Waals surface area contributed by atoms with Crippen LogP contribution < -0.4 is 20.3 Å². The monoisotopic (exact) mass is 536 g/mol. The highest BCUT2D eigenvalue weighted by atomic mass is 35.5. The first-order valence-corrected chi connectivity index (χ1v) is 12.9. The minimum atomic E-state index is -0.324. The molecule has 1 aliphatic rings. The van der Waals surface area contributed by atoms with Crippen molar-refractivity contribution in [3.05, 3.63) is 66.5 Å². The van der Waals surface area contributed by atoms with Gasteiger partial charge in [-0.05, 0) is 55.9 Å². The fourth-order valence-corrected chi connectivity index (χ4v) is 4.18. The van der Waals surface area contributed by atoms with Gasteiger partial charge in [-0.25, -0.2) is 9.97 Å². The number of aromatic nitrogens is 3. The standard InChI is InChI=1S/C27H33ClN8O2/c1-4-25(37)32-23-18-21(9-10-24(23)38-16-6-11-36-14-12-34(2)13-15-36)31-26-29-19-30-27(33-26)35(3)22-8-5-7-20(28)17-22/h4-5,7-10,17-19H,1,6,11-16H2,2-3H3,(H,32,37)(H,29,30,31,33). The van der Waals surface area contributed by atoms with Crippen molar-refractivity contribution in [3.63, 3.8) is 0 Å². The first-order chi connectivity index (χ1) is 18.4. The zero-order chi connectivity index (χ0) is 26.9. The fraction of sp³-hybridized carbons (Fsp3) is 0.333. The Morgan fingerprint density at radius 2 is 2.00 bits per heavy atom. The number of carbonyl (C=O) groups excluding carboxylic acids is 1. The van der Waals surface area contributed by atoms with Gasteiger partial charge in [-0.2, -0.15) is 4.98 Å². The van der Waals surface area contributed by atoms with Gasteiger partial charge >= 0.3 is 0 Å². The van der Waals surface area contributed by atoms with Crippen LogP contribution in [0.2, 0.25) is 5.02 Å². The molecule has 2 N–H and O–H groups in total. The van der Waals surface area contributed by atoms with Crippen LogP contribution in [0.15, 0.2) is 61.4 Å². The summed E-state index contributed by atoms with van der Waals surface area (Å²) in [5, 5.41) is 6.63. The van der Waals surface area contributed by atoms with Crippen LogP contribution in [0.1, 0.15) is 6.42 Å². The number of nitrogens with one attached hydrogen (secondary N) is 2. The molecule has 10 nitrogen and oxygen atoms in total. The highest BCUT2D eigenvalue weighted by molar-refractivity contribution is 6.30. The fourth-order valence-electron chi connectivity index (χ4n) is 4.00. The second-order valence-corrected chi connectivity index (χ2v) is 9.46. The minimum Gasteiger partial charge on any atom is -0.491 e. The second kappa shape index (κ2) is 13.2. The topological polar surface area (TPSA) is 98.7 Å². The number of piperazine rings is 1. The summed E-state index contributed by atoms with van der Waals surface area (Å²) in [6.07, 6.45) is 3.55. The van der Waals surface area contributed by atoms with Crippen LogP contribution in [-0.2, 0) is 4.79 Å². The van der Waals surface area contributed by atoms with E-state index in [0.717, 1.165) is 44.8 Å². The summed E-state index contributed by atoms with van der Waals surface area (Å²) in [4.78, 5) is 31.7. The van der Waals surface area contributed by atoms with Crippen LogP contribution in [-0.4, -0.2) is 84.1 Å². The number of hydrogen-bond acceptors (Lipinski definition) is 9. The van der Waals surface area contributed by atoms with Crippen molar-refractivity contribution in [2.24, 2.45) is 0 Å². The Morgan fingerprint density at radius 3 is 2.76 bits per heavy atom. The minimum absolute atomic E-state index is 0.324. The van der Waals surface area contributed by atoms with Crippen LogP contribution in [0.4, 0.5) is 29.0 Å². The van der Waals surface area contributed by atoms with E-state index >= 15 is 0 Å². The molecule has 2 aromatic carbocycles. The number of benzene rings is 2. The SMILES string of the molecule is C=CC(=O)Nc1cc(Nc2ncnc(N(C)c3cccc(Cl)c3)n2)ccc1OCCCN1CCN(C)CC1. The van der Waals surface area contributed by atoms with Gasteiger partial charge in [-0.3, -0.25) is 4.79 Å². The molecular formula is C27H33ClN8O2. The molecule has 200 valence electrons. The van der Waals surface area contributed by atoms with Crippen molar-refractivity contribution < 1.29 is 9.53 Å². The molecular weight excluding hydrogens is 504 g/mol. The second-order valence-electron chi connectivity index (χ2n) is 9.02. The third-order valence-electron chi connectivity index (χ3n) is 6.21. The molecule has 3 aromatic rings. The summed E-state index contributed by atoms with van der Waals surface area (Å²) in [6.45, 7) is 9.40. The summed E-state index contributed by atoms with van der Waals surface area (Å²) >= 11 is 6.13. The predicted octanol–water partition coefficient (Wildman–Crippen LogP) is 4.18. The number of rotatable bonds is 11. The van der Waals surface area contributed by atoms with Crippen LogP contribution in [0.5, 0.6) is 5.75 Å². The summed E-state index contributed by atoms with van der Waals surface area (Å²) < 4.78 is 6.04. The largest absolute Gasteiger partial charge is 0.491 e. The van der Waals surface area contributed by atoms with E-state index in [-0.39, 0.29) is 5.91 Å². The lowest BCUT2D eigenvalue weighted by Gasteiger charge is -2.32. The van der Waals surface area contributed by atoms with Gasteiger partial charge in [0.1, 0.15) is 12.1 Å². The molecule has 0 unspecified atom stereocenters. The summed E-state index contributed by atoms with van der Waals surface area (Å²) in [7, 11) is 4.00. The van der Waals surface area contributed by atoms with Crippen molar-refractivity contribution in [3.8, 4) is 5.75 Å². The molecule has 0 atom stereocenters. The van der Waals surface area contributed by atoms with Gasteiger partial charge in [0.25, 0.3) is 0 Å². The molecule has 4 rings (SSSR count). The molecule has 11 heteroatoms. The molecule has 1 fully saturated rings. The number of nitrogens with zero attached hydrogens (tertiary/aromatic N) is 6. The lowest BCUT2D eigenvalue weighted by molar-refractivity contribution is -0.111. The Labute approximate surface area is 228 Å². The molecule has 1 amide bonds. The van der Waals surface area contributed by atoms with Crippen molar-refractivity contribution in [2.45, 2.75) is 6.42 Å². The highest BCUT2D eigenvalue weighted by Crippen LogP contribution is 2.30. The number of likely N-dealkylation sites (N-methyl/N-ethyl adjacent to an activating group) is 1. The van der Waals surface area contributed by atoms with E-state index in [1.807, 2.05) is 48.3 Å². The number of hydrogen-bond donors (Lipinski definition) is 2. The Morgan fingerprint density at radius 1 is 1.18 bits per heavy atom. The van der Waals surface area contributed by atoms with E-state index in [0.29, 0.717) is 40.7 Å². The van der Waals surface area contributed by atoms with E-state index in [4.69, 9.17) is 16.3 Å². The van der Waals surface area contributed by atoms with E-state index in [1.165, 1.54) is 12.4 Å².